The van der Waals surface area contributed by atoms with Gasteiger partial charge in [0.05, 0.1) is 0 Å². The highest BCUT2D eigenvalue weighted by Gasteiger charge is 2.32. The third kappa shape index (κ3) is 4.73. The fraction of sp³-hybridized carbons (Fsp3) is 1.00. The van der Waals surface area contributed by atoms with Gasteiger partial charge in [-0.3, -0.25) is 4.90 Å². The summed E-state index contributed by atoms with van der Waals surface area (Å²) in [6.07, 6.45) is 8.50. The van der Waals surface area contributed by atoms with Crippen molar-refractivity contribution in [1.29, 1.82) is 0 Å². The Morgan fingerprint density at radius 3 is 2.79 bits per heavy atom. The first-order chi connectivity index (χ1) is 9.31. The Morgan fingerprint density at radius 1 is 1.21 bits per heavy atom. The molecule has 3 atom stereocenters. The third-order valence-electron chi connectivity index (χ3n) is 5.09. The highest BCUT2D eigenvalue weighted by molar-refractivity contribution is 4.85. The maximum absolute atomic E-state index is 5.07. The summed E-state index contributed by atoms with van der Waals surface area (Å²) in [5, 5.41) is 3.57. The van der Waals surface area contributed by atoms with Crippen molar-refractivity contribution >= 4 is 0 Å². The van der Waals surface area contributed by atoms with Crippen molar-refractivity contribution in [3.05, 3.63) is 0 Å². The summed E-state index contributed by atoms with van der Waals surface area (Å²) in [5.41, 5.74) is 0. The molecule has 1 heterocycles. The predicted octanol–water partition coefficient (Wildman–Crippen LogP) is 2.51. The topological polar surface area (TPSA) is 24.5 Å². The van der Waals surface area contributed by atoms with Gasteiger partial charge in [0.25, 0.3) is 0 Å². The van der Waals surface area contributed by atoms with Crippen molar-refractivity contribution in [2.75, 3.05) is 39.9 Å². The molecule has 0 radical (unpaired) electrons. The molecule has 2 aliphatic rings. The molecule has 3 nitrogen and oxygen atoms in total. The van der Waals surface area contributed by atoms with Gasteiger partial charge in [-0.1, -0.05) is 19.3 Å². The van der Waals surface area contributed by atoms with Gasteiger partial charge >= 0.3 is 0 Å². The highest BCUT2D eigenvalue weighted by Crippen LogP contribution is 2.36. The number of hydrogen-bond donors (Lipinski definition) is 1. The number of methoxy groups -OCH3 is 1. The Labute approximate surface area is 119 Å². The highest BCUT2D eigenvalue weighted by atomic mass is 16.5. The standard InChI is InChI=1S/C16H32N2O/c1-14(12-17-9-5-11-19-2)18-10-8-15-6-3-4-7-16(15)13-18/h14-17H,3-13H2,1-2H3. The molecule has 0 amide bonds. The monoisotopic (exact) mass is 268 g/mol. The quantitative estimate of drug-likeness (QED) is 0.718. The lowest BCUT2D eigenvalue weighted by Crippen LogP contribution is -2.49. The van der Waals surface area contributed by atoms with Crippen LogP contribution in [-0.2, 0) is 4.74 Å². The molecule has 0 bridgehead atoms. The van der Waals surface area contributed by atoms with E-state index in [1.165, 1.54) is 45.2 Å². The lowest BCUT2D eigenvalue weighted by atomic mass is 9.75. The normalized spacial score (nSPS) is 30.0. The molecule has 1 saturated carbocycles. The molecule has 0 aromatic carbocycles. The average Bonchev–Trinajstić information content (AvgIpc) is 2.46. The van der Waals surface area contributed by atoms with Crippen molar-refractivity contribution in [3.63, 3.8) is 0 Å². The number of piperidine rings is 1. The van der Waals surface area contributed by atoms with Crippen LogP contribution in [0, 0.1) is 11.8 Å². The van der Waals surface area contributed by atoms with E-state index in [2.05, 4.69) is 17.1 Å². The lowest BCUT2D eigenvalue weighted by molar-refractivity contribution is 0.0616. The summed E-state index contributed by atoms with van der Waals surface area (Å²) >= 11 is 0. The zero-order valence-corrected chi connectivity index (χ0v) is 12.9. The lowest BCUT2D eigenvalue weighted by Gasteiger charge is -2.43. The van der Waals surface area contributed by atoms with Crippen LogP contribution < -0.4 is 5.32 Å². The number of hydrogen-bond acceptors (Lipinski definition) is 3. The van der Waals surface area contributed by atoms with E-state index >= 15 is 0 Å². The van der Waals surface area contributed by atoms with Gasteiger partial charge in [-0.25, -0.2) is 0 Å². The molecule has 112 valence electrons. The number of fused-ring (bicyclic) bond motifs is 1. The van der Waals surface area contributed by atoms with Gasteiger partial charge < -0.3 is 10.1 Å². The smallest absolute Gasteiger partial charge is 0.0474 e. The van der Waals surface area contributed by atoms with Crippen LogP contribution in [0.4, 0.5) is 0 Å². The SMILES string of the molecule is COCCCNCC(C)N1CCC2CCCCC2C1. The third-order valence-corrected chi connectivity index (χ3v) is 5.09. The fourth-order valence-electron chi connectivity index (χ4n) is 3.81. The van der Waals surface area contributed by atoms with Crippen LogP contribution in [0.15, 0.2) is 0 Å². The van der Waals surface area contributed by atoms with Crippen molar-refractivity contribution < 1.29 is 4.74 Å². The summed E-state index contributed by atoms with van der Waals surface area (Å²) in [6, 6.07) is 0.686. The van der Waals surface area contributed by atoms with E-state index in [1.807, 2.05) is 0 Å². The van der Waals surface area contributed by atoms with E-state index in [1.54, 1.807) is 7.11 Å². The molecule has 3 unspecified atom stereocenters. The number of likely N-dealkylation sites (tertiary alicyclic amines) is 1. The van der Waals surface area contributed by atoms with Crippen LogP contribution in [0.25, 0.3) is 0 Å². The summed E-state index contributed by atoms with van der Waals surface area (Å²) in [5.74, 6) is 2.05. The minimum absolute atomic E-state index is 0.686. The summed E-state index contributed by atoms with van der Waals surface area (Å²) in [4.78, 5) is 2.72. The van der Waals surface area contributed by atoms with Crippen LogP contribution in [0.2, 0.25) is 0 Å². The van der Waals surface area contributed by atoms with E-state index in [-0.39, 0.29) is 0 Å². The Morgan fingerprint density at radius 2 is 2.00 bits per heavy atom. The Kier molecular flexibility index (Phi) is 6.62. The van der Waals surface area contributed by atoms with Crippen LogP contribution >= 0.6 is 0 Å². The van der Waals surface area contributed by atoms with Crippen LogP contribution in [-0.4, -0.2) is 50.8 Å². The van der Waals surface area contributed by atoms with E-state index in [4.69, 9.17) is 4.74 Å². The zero-order valence-electron chi connectivity index (χ0n) is 12.9. The molecule has 19 heavy (non-hydrogen) atoms. The van der Waals surface area contributed by atoms with Crippen LogP contribution in [0.3, 0.4) is 0 Å². The maximum atomic E-state index is 5.07. The maximum Gasteiger partial charge on any atom is 0.0474 e. The fourth-order valence-corrected chi connectivity index (χ4v) is 3.81. The number of ether oxygens (including phenoxy) is 1. The van der Waals surface area contributed by atoms with Crippen LogP contribution in [0.1, 0.15) is 45.4 Å². The van der Waals surface area contributed by atoms with Gasteiger partial charge in [0.1, 0.15) is 0 Å². The zero-order chi connectivity index (χ0) is 13.5. The predicted molar refractivity (Wildman–Crippen MR) is 80.5 cm³/mol. The molecule has 1 saturated heterocycles. The van der Waals surface area contributed by atoms with Crippen molar-refractivity contribution in [2.45, 2.75) is 51.5 Å². The molecule has 0 aromatic rings. The van der Waals surface area contributed by atoms with Gasteiger partial charge in [-0.2, -0.15) is 0 Å². The summed E-state index contributed by atoms with van der Waals surface area (Å²) in [7, 11) is 1.77. The second-order valence-corrected chi connectivity index (χ2v) is 6.49. The molecule has 0 spiro atoms. The van der Waals surface area contributed by atoms with Gasteiger partial charge in [-0.05, 0) is 51.1 Å². The Bertz CT molecular complexity index is 247. The average molecular weight is 268 g/mol. The molecule has 1 aliphatic carbocycles. The van der Waals surface area contributed by atoms with Crippen molar-refractivity contribution in [2.24, 2.45) is 11.8 Å². The molecule has 0 aromatic heterocycles. The summed E-state index contributed by atoms with van der Waals surface area (Å²) in [6.45, 7) is 8.13. The number of rotatable bonds is 7. The Balaban J connectivity index is 1.64. The van der Waals surface area contributed by atoms with E-state index in [0.29, 0.717) is 6.04 Å². The molecule has 1 N–H and O–H groups in total. The van der Waals surface area contributed by atoms with Gasteiger partial charge in [0.2, 0.25) is 0 Å². The molecular formula is C16H32N2O. The summed E-state index contributed by atoms with van der Waals surface area (Å²) < 4.78 is 5.07. The van der Waals surface area contributed by atoms with E-state index < -0.39 is 0 Å². The van der Waals surface area contributed by atoms with E-state index in [9.17, 15) is 0 Å². The number of nitrogens with zero attached hydrogens (tertiary/aromatic N) is 1. The second kappa shape index (κ2) is 8.23. The first-order valence-electron chi connectivity index (χ1n) is 8.25. The molecule has 1 aliphatic heterocycles. The molecule has 2 fully saturated rings. The molecule has 2 rings (SSSR count). The van der Waals surface area contributed by atoms with E-state index in [0.717, 1.165) is 38.0 Å². The van der Waals surface area contributed by atoms with Gasteiger partial charge in [0, 0.05) is 32.8 Å². The van der Waals surface area contributed by atoms with Crippen molar-refractivity contribution in [3.8, 4) is 0 Å². The first-order valence-corrected chi connectivity index (χ1v) is 8.25. The molecular weight excluding hydrogens is 236 g/mol. The first kappa shape index (κ1) is 15.3. The largest absolute Gasteiger partial charge is 0.385 e. The van der Waals surface area contributed by atoms with Gasteiger partial charge in [0.15, 0.2) is 0 Å². The van der Waals surface area contributed by atoms with Crippen LogP contribution in [0.5, 0.6) is 0 Å². The van der Waals surface area contributed by atoms with Crippen molar-refractivity contribution in [1.82, 2.24) is 10.2 Å². The second-order valence-electron chi connectivity index (χ2n) is 6.49. The number of nitrogens with one attached hydrogen (secondary N) is 1. The molecule has 3 heteroatoms. The Hall–Kier alpha value is -0.120. The van der Waals surface area contributed by atoms with Gasteiger partial charge in [-0.15, -0.1) is 0 Å². The minimum Gasteiger partial charge on any atom is -0.385 e. The minimum atomic E-state index is 0.686.